The number of hydrogen-bond donors (Lipinski definition) is 3. The first-order chi connectivity index (χ1) is 15.4. The molecule has 0 saturated heterocycles. The van der Waals surface area contributed by atoms with Crippen LogP contribution in [0.15, 0.2) is 66.7 Å². The van der Waals surface area contributed by atoms with Gasteiger partial charge in [0.05, 0.1) is 11.3 Å². The van der Waals surface area contributed by atoms with E-state index in [-0.39, 0.29) is 11.5 Å². The molecule has 0 heterocycles. The largest absolute Gasteiger partial charge is 0.322 e. The summed E-state index contributed by atoms with van der Waals surface area (Å²) in [5.41, 5.74) is 3.06. The average molecular weight is 466 g/mol. The van der Waals surface area contributed by atoms with Gasteiger partial charge in [0.15, 0.2) is 0 Å². The summed E-state index contributed by atoms with van der Waals surface area (Å²) in [7, 11) is 0. The summed E-state index contributed by atoms with van der Waals surface area (Å²) in [6.07, 6.45) is 3.28. The molecule has 0 bridgehead atoms. The van der Waals surface area contributed by atoms with Crippen LogP contribution in [0.2, 0.25) is 10.0 Å². The smallest absolute Gasteiger partial charge is 0.257 e. The molecular formula is C25H21Cl2N3O2. The molecular weight excluding hydrogens is 445 g/mol. The van der Waals surface area contributed by atoms with E-state index < -0.39 is 5.91 Å². The number of halogens is 2. The molecule has 3 aromatic carbocycles. The molecule has 0 radical (unpaired) electrons. The molecule has 0 spiro atoms. The van der Waals surface area contributed by atoms with Crippen LogP contribution in [0.4, 0.5) is 11.4 Å². The van der Waals surface area contributed by atoms with Crippen LogP contribution in [0, 0.1) is 11.3 Å². The van der Waals surface area contributed by atoms with E-state index in [0.29, 0.717) is 38.6 Å². The second kappa shape index (κ2) is 9.55. The normalized spacial score (nSPS) is 13.2. The van der Waals surface area contributed by atoms with Crippen molar-refractivity contribution < 1.29 is 9.59 Å². The first-order valence-corrected chi connectivity index (χ1v) is 11.0. The Morgan fingerprint density at radius 1 is 0.781 bits per heavy atom. The standard InChI is InChI=1S/C25H21Cl2N3O2/c26-18-8-11-20(12-9-18)29-25(32)21-14-19(27)10-13-22(21)30-24(31)17-6-4-16(5-7-17)23(28)15-2-1-3-15/h4-15,28H,1-3H2,(H,29,32)(H,30,31). The van der Waals surface area contributed by atoms with Crippen LogP contribution in [0.1, 0.15) is 45.5 Å². The molecule has 3 aromatic rings. The third kappa shape index (κ3) is 5.01. The molecule has 1 aliphatic carbocycles. The highest BCUT2D eigenvalue weighted by molar-refractivity contribution is 6.31. The molecule has 0 unspecified atom stereocenters. The molecule has 32 heavy (non-hydrogen) atoms. The number of carbonyl (C=O) groups is 2. The van der Waals surface area contributed by atoms with Crippen molar-refractivity contribution in [3.05, 3.63) is 93.5 Å². The van der Waals surface area contributed by atoms with Crippen molar-refractivity contribution in [1.82, 2.24) is 0 Å². The molecule has 2 amide bonds. The first-order valence-electron chi connectivity index (χ1n) is 10.3. The predicted octanol–water partition coefficient (Wildman–Crippen LogP) is 6.67. The van der Waals surface area contributed by atoms with Crippen LogP contribution in [0.5, 0.6) is 0 Å². The van der Waals surface area contributed by atoms with Gasteiger partial charge in [-0.15, -0.1) is 0 Å². The monoisotopic (exact) mass is 465 g/mol. The zero-order chi connectivity index (χ0) is 22.7. The number of carbonyl (C=O) groups excluding carboxylic acids is 2. The highest BCUT2D eigenvalue weighted by Crippen LogP contribution is 2.30. The van der Waals surface area contributed by atoms with E-state index in [1.807, 2.05) is 0 Å². The van der Waals surface area contributed by atoms with E-state index >= 15 is 0 Å². The number of amides is 2. The summed E-state index contributed by atoms with van der Waals surface area (Å²) in [6.45, 7) is 0. The fraction of sp³-hybridized carbons (Fsp3) is 0.160. The Bertz CT molecular complexity index is 1170. The van der Waals surface area contributed by atoms with E-state index in [1.54, 1.807) is 60.7 Å². The zero-order valence-corrected chi connectivity index (χ0v) is 18.6. The minimum atomic E-state index is -0.408. The highest BCUT2D eigenvalue weighted by atomic mass is 35.5. The Morgan fingerprint density at radius 3 is 2.03 bits per heavy atom. The molecule has 1 fully saturated rings. The minimum absolute atomic E-state index is 0.240. The van der Waals surface area contributed by atoms with Crippen LogP contribution in [-0.4, -0.2) is 17.5 Å². The van der Waals surface area contributed by atoms with Gasteiger partial charge in [-0.3, -0.25) is 9.59 Å². The Morgan fingerprint density at radius 2 is 1.41 bits per heavy atom. The Labute approximate surface area is 196 Å². The van der Waals surface area contributed by atoms with Crippen LogP contribution < -0.4 is 10.6 Å². The van der Waals surface area contributed by atoms with Crippen molar-refractivity contribution in [2.75, 3.05) is 10.6 Å². The van der Waals surface area contributed by atoms with Gasteiger partial charge in [0.2, 0.25) is 0 Å². The summed E-state index contributed by atoms with van der Waals surface area (Å²) in [5, 5.41) is 14.8. The van der Waals surface area contributed by atoms with Gasteiger partial charge in [-0.25, -0.2) is 0 Å². The minimum Gasteiger partial charge on any atom is -0.322 e. The lowest BCUT2D eigenvalue weighted by molar-refractivity contribution is 0.102. The van der Waals surface area contributed by atoms with E-state index in [0.717, 1.165) is 18.4 Å². The molecule has 162 valence electrons. The van der Waals surface area contributed by atoms with Crippen molar-refractivity contribution in [2.45, 2.75) is 19.3 Å². The quantitative estimate of drug-likeness (QED) is 0.355. The van der Waals surface area contributed by atoms with E-state index in [9.17, 15) is 9.59 Å². The number of rotatable bonds is 6. The molecule has 7 heteroatoms. The van der Waals surface area contributed by atoms with Gasteiger partial charge in [-0.1, -0.05) is 41.8 Å². The number of benzene rings is 3. The van der Waals surface area contributed by atoms with Crippen LogP contribution in [-0.2, 0) is 0 Å². The SMILES string of the molecule is N=C(c1ccc(C(=O)Nc2ccc(Cl)cc2C(=O)Nc2ccc(Cl)cc2)cc1)C1CCC1. The molecule has 0 aliphatic heterocycles. The van der Waals surface area contributed by atoms with Gasteiger partial charge in [0.1, 0.15) is 0 Å². The van der Waals surface area contributed by atoms with Crippen molar-refractivity contribution >= 4 is 52.1 Å². The lowest BCUT2D eigenvalue weighted by atomic mass is 9.79. The molecule has 1 aliphatic rings. The maximum atomic E-state index is 12.8. The highest BCUT2D eigenvalue weighted by Gasteiger charge is 2.23. The molecule has 4 rings (SSSR count). The van der Waals surface area contributed by atoms with Crippen molar-refractivity contribution in [1.29, 1.82) is 5.41 Å². The summed E-state index contributed by atoms with van der Waals surface area (Å²) in [5.74, 6) is -0.436. The van der Waals surface area contributed by atoms with E-state index in [2.05, 4.69) is 10.6 Å². The molecule has 5 nitrogen and oxygen atoms in total. The third-order valence-electron chi connectivity index (χ3n) is 5.55. The molecule has 1 saturated carbocycles. The van der Waals surface area contributed by atoms with Crippen LogP contribution in [0.3, 0.4) is 0 Å². The van der Waals surface area contributed by atoms with Gasteiger partial charge in [0.25, 0.3) is 11.8 Å². The van der Waals surface area contributed by atoms with Crippen molar-refractivity contribution in [3.8, 4) is 0 Å². The van der Waals surface area contributed by atoms with E-state index in [1.165, 1.54) is 12.5 Å². The summed E-state index contributed by atoms with van der Waals surface area (Å²) in [4.78, 5) is 25.6. The summed E-state index contributed by atoms with van der Waals surface area (Å²) < 4.78 is 0. The molecule has 0 aromatic heterocycles. The molecule has 0 atom stereocenters. The first kappa shape index (κ1) is 22.1. The predicted molar refractivity (Wildman–Crippen MR) is 129 cm³/mol. The fourth-order valence-electron chi connectivity index (χ4n) is 3.47. The van der Waals surface area contributed by atoms with Gasteiger partial charge in [-0.05, 0) is 73.0 Å². The number of hydrogen-bond acceptors (Lipinski definition) is 3. The van der Waals surface area contributed by atoms with Gasteiger partial charge in [0, 0.05) is 32.9 Å². The number of anilines is 2. The maximum Gasteiger partial charge on any atom is 0.257 e. The van der Waals surface area contributed by atoms with Crippen LogP contribution in [0.25, 0.3) is 0 Å². The lowest BCUT2D eigenvalue weighted by Gasteiger charge is -2.26. The second-order valence-corrected chi connectivity index (χ2v) is 8.60. The van der Waals surface area contributed by atoms with E-state index in [4.69, 9.17) is 28.6 Å². The van der Waals surface area contributed by atoms with Crippen molar-refractivity contribution in [3.63, 3.8) is 0 Å². The molecule has 3 N–H and O–H groups in total. The van der Waals surface area contributed by atoms with Gasteiger partial charge >= 0.3 is 0 Å². The zero-order valence-electron chi connectivity index (χ0n) is 17.1. The Kier molecular flexibility index (Phi) is 6.58. The maximum absolute atomic E-state index is 12.8. The third-order valence-corrected chi connectivity index (χ3v) is 6.04. The van der Waals surface area contributed by atoms with Crippen LogP contribution >= 0.6 is 23.2 Å². The Hall–Kier alpha value is -3.15. The summed E-state index contributed by atoms with van der Waals surface area (Å²) in [6, 6.07) is 18.4. The summed E-state index contributed by atoms with van der Waals surface area (Å²) >= 11 is 12.0. The fourth-order valence-corrected chi connectivity index (χ4v) is 3.77. The van der Waals surface area contributed by atoms with Crippen molar-refractivity contribution in [2.24, 2.45) is 5.92 Å². The number of nitrogens with one attached hydrogen (secondary N) is 3. The van der Waals surface area contributed by atoms with Gasteiger partial charge in [-0.2, -0.15) is 0 Å². The lowest BCUT2D eigenvalue weighted by Crippen LogP contribution is -2.22. The topological polar surface area (TPSA) is 82.1 Å². The average Bonchev–Trinajstić information content (AvgIpc) is 2.75. The van der Waals surface area contributed by atoms with Gasteiger partial charge < -0.3 is 16.0 Å². The Balaban J connectivity index is 1.49. The second-order valence-electron chi connectivity index (χ2n) is 7.72.